The van der Waals surface area contributed by atoms with E-state index in [-0.39, 0.29) is 5.97 Å². The van der Waals surface area contributed by atoms with Crippen molar-refractivity contribution >= 4 is 5.97 Å². The van der Waals surface area contributed by atoms with Gasteiger partial charge in [0.25, 0.3) is 0 Å². The summed E-state index contributed by atoms with van der Waals surface area (Å²) in [6, 6.07) is 9.23. The SMILES string of the molecule is CCOC(=O)CCCN(CC)C(C)Cc1ccc(C)cc1. The van der Waals surface area contributed by atoms with Gasteiger partial charge in [-0.15, -0.1) is 0 Å². The Balaban J connectivity index is 2.40. The van der Waals surface area contributed by atoms with Crippen LogP contribution in [-0.4, -0.2) is 36.6 Å². The molecular formula is C18H29NO2. The minimum absolute atomic E-state index is 0.0836. The van der Waals surface area contributed by atoms with Gasteiger partial charge in [-0.25, -0.2) is 0 Å². The normalized spacial score (nSPS) is 12.4. The average Bonchev–Trinajstić information content (AvgIpc) is 2.46. The molecule has 21 heavy (non-hydrogen) atoms. The highest BCUT2D eigenvalue weighted by atomic mass is 16.5. The van der Waals surface area contributed by atoms with Crippen molar-refractivity contribution in [3.05, 3.63) is 35.4 Å². The number of esters is 1. The third-order valence-corrected chi connectivity index (χ3v) is 3.81. The first kappa shape index (κ1) is 17.7. The van der Waals surface area contributed by atoms with E-state index >= 15 is 0 Å². The van der Waals surface area contributed by atoms with E-state index in [4.69, 9.17) is 4.74 Å². The number of nitrogens with zero attached hydrogens (tertiary/aromatic N) is 1. The van der Waals surface area contributed by atoms with E-state index in [0.717, 1.165) is 25.9 Å². The Kier molecular flexibility index (Phi) is 8.06. The molecule has 0 aliphatic heterocycles. The monoisotopic (exact) mass is 291 g/mol. The molecule has 0 aliphatic carbocycles. The van der Waals surface area contributed by atoms with Crippen LogP contribution in [0.5, 0.6) is 0 Å². The fourth-order valence-electron chi connectivity index (χ4n) is 2.54. The Morgan fingerprint density at radius 3 is 2.48 bits per heavy atom. The zero-order chi connectivity index (χ0) is 15.7. The second-order valence-corrected chi connectivity index (χ2v) is 5.58. The Hall–Kier alpha value is -1.35. The molecular weight excluding hydrogens is 262 g/mol. The number of rotatable bonds is 9. The van der Waals surface area contributed by atoms with Gasteiger partial charge in [0.1, 0.15) is 0 Å². The van der Waals surface area contributed by atoms with Gasteiger partial charge in [0.05, 0.1) is 6.61 Å². The highest BCUT2D eigenvalue weighted by Crippen LogP contribution is 2.11. The van der Waals surface area contributed by atoms with Crippen LogP contribution in [0.4, 0.5) is 0 Å². The maximum atomic E-state index is 11.4. The number of benzene rings is 1. The maximum Gasteiger partial charge on any atom is 0.305 e. The smallest absolute Gasteiger partial charge is 0.305 e. The van der Waals surface area contributed by atoms with Crippen LogP contribution in [0.25, 0.3) is 0 Å². The lowest BCUT2D eigenvalue weighted by Gasteiger charge is -2.28. The molecule has 0 saturated heterocycles. The second kappa shape index (κ2) is 9.56. The van der Waals surface area contributed by atoms with Crippen molar-refractivity contribution in [2.45, 2.75) is 53.0 Å². The fraction of sp³-hybridized carbons (Fsp3) is 0.611. The van der Waals surface area contributed by atoms with E-state index in [9.17, 15) is 4.79 Å². The van der Waals surface area contributed by atoms with E-state index in [1.54, 1.807) is 0 Å². The van der Waals surface area contributed by atoms with Gasteiger partial charge in [0.15, 0.2) is 0 Å². The van der Waals surface area contributed by atoms with Gasteiger partial charge in [-0.3, -0.25) is 4.79 Å². The van der Waals surface area contributed by atoms with E-state index in [1.165, 1.54) is 11.1 Å². The van der Waals surface area contributed by atoms with Crippen LogP contribution in [0.1, 0.15) is 44.7 Å². The van der Waals surface area contributed by atoms with E-state index < -0.39 is 0 Å². The van der Waals surface area contributed by atoms with Gasteiger partial charge < -0.3 is 9.64 Å². The molecule has 1 atom stereocenters. The fourth-order valence-corrected chi connectivity index (χ4v) is 2.54. The largest absolute Gasteiger partial charge is 0.466 e. The van der Waals surface area contributed by atoms with E-state index in [2.05, 4.69) is 49.9 Å². The van der Waals surface area contributed by atoms with Crippen LogP contribution in [0, 0.1) is 6.92 Å². The third-order valence-electron chi connectivity index (χ3n) is 3.81. The number of aryl methyl sites for hydroxylation is 1. The molecule has 3 heteroatoms. The Morgan fingerprint density at radius 2 is 1.90 bits per heavy atom. The van der Waals surface area contributed by atoms with Crippen LogP contribution in [0.15, 0.2) is 24.3 Å². The van der Waals surface area contributed by atoms with Crippen LogP contribution < -0.4 is 0 Å². The average molecular weight is 291 g/mol. The molecule has 0 heterocycles. The predicted molar refractivity (Wildman–Crippen MR) is 87.5 cm³/mol. The van der Waals surface area contributed by atoms with Crippen LogP contribution in [0.2, 0.25) is 0 Å². The van der Waals surface area contributed by atoms with Crippen molar-refractivity contribution in [1.29, 1.82) is 0 Å². The zero-order valence-corrected chi connectivity index (χ0v) is 13.9. The summed E-state index contributed by atoms with van der Waals surface area (Å²) < 4.78 is 4.97. The summed E-state index contributed by atoms with van der Waals surface area (Å²) >= 11 is 0. The maximum absolute atomic E-state index is 11.4. The minimum Gasteiger partial charge on any atom is -0.466 e. The first-order valence-electron chi connectivity index (χ1n) is 8.02. The molecule has 0 aliphatic rings. The van der Waals surface area contributed by atoms with Crippen molar-refractivity contribution in [3.63, 3.8) is 0 Å². The standard InChI is InChI=1S/C18H29NO2/c1-5-19(13-7-8-18(20)21-6-2)16(4)14-17-11-9-15(3)10-12-17/h9-12,16H,5-8,13-14H2,1-4H3. The number of hydrogen-bond acceptors (Lipinski definition) is 3. The van der Waals surface area contributed by atoms with Crippen molar-refractivity contribution in [2.24, 2.45) is 0 Å². The molecule has 0 radical (unpaired) electrons. The highest BCUT2D eigenvalue weighted by molar-refractivity contribution is 5.69. The van der Waals surface area contributed by atoms with E-state index in [0.29, 0.717) is 19.1 Å². The molecule has 0 spiro atoms. The minimum atomic E-state index is -0.0836. The van der Waals surface area contributed by atoms with Gasteiger partial charge in [-0.2, -0.15) is 0 Å². The number of carbonyl (C=O) groups excluding carboxylic acids is 1. The molecule has 0 fully saturated rings. The summed E-state index contributed by atoms with van der Waals surface area (Å²) in [7, 11) is 0. The Morgan fingerprint density at radius 1 is 1.24 bits per heavy atom. The molecule has 0 aromatic heterocycles. The van der Waals surface area contributed by atoms with Crippen molar-refractivity contribution in [2.75, 3.05) is 19.7 Å². The van der Waals surface area contributed by atoms with Crippen LogP contribution in [-0.2, 0) is 16.0 Å². The van der Waals surface area contributed by atoms with Crippen molar-refractivity contribution in [3.8, 4) is 0 Å². The number of hydrogen-bond donors (Lipinski definition) is 0. The van der Waals surface area contributed by atoms with Crippen molar-refractivity contribution < 1.29 is 9.53 Å². The molecule has 1 aromatic rings. The molecule has 118 valence electrons. The Labute approximate surface area is 129 Å². The molecule has 1 rings (SSSR count). The summed E-state index contributed by atoms with van der Waals surface area (Å²) in [5.41, 5.74) is 2.67. The number of carbonyl (C=O) groups is 1. The zero-order valence-electron chi connectivity index (χ0n) is 13.9. The van der Waals surface area contributed by atoms with Gasteiger partial charge in [0.2, 0.25) is 0 Å². The van der Waals surface area contributed by atoms with Gasteiger partial charge in [0, 0.05) is 12.5 Å². The van der Waals surface area contributed by atoms with Crippen molar-refractivity contribution in [1.82, 2.24) is 4.90 Å². The summed E-state index contributed by atoms with van der Waals surface area (Å²) in [6.45, 7) is 10.8. The molecule has 1 unspecified atom stereocenters. The van der Waals surface area contributed by atoms with Gasteiger partial charge >= 0.3 is 5.97 Å². The summed E-state index contributed by atoms with van der Waals surface area (Å²) in [5, 5.41) is 0. The predicted octanol–water partition coefficient (Wildman–Crippen LogP) is 3.59. The highest BCUT2D eigenvalue weighted by Gasteiger charge is 2.13. The lowest BCUT2D eigenvalue weighted by atomic mass is 10.0. The third kappa shape index (κ3) is 6.76. The molecule has 0 saturated carbocycles. The summed E-state index contributed by atoms with van der Waals surface area (Å²) in [4.78, 5) is 13.8. The Bertz CT molecular complexity index is 414. The molecule has 0 N–H and O–H groups in total. The molecule has 3 nitrogen and oxygen atoms in total. The summed E-state index contributed by atoms with van der Waals surface area (Å²) in [6.07, 6.45) is 2.43. The molecule has 0 bridgehead atoms. The molecule has 0 amide bonds. The number of likely N-dealkylation sites (N-methyl/N-ethyl adjacent to an activating group) is 1. The quantitative estimate of drug-likeness (QED) is 0.651. The van der Waals surface area contributed by atoms with Gasteiger partial charge in [-0.05, 0) is 52.3 Å². The van der Waals surface area contributed by atoms with Gasteiger partial charge in [-0.1, -0.05) is 36.8 Å². The van der Waals surface area contributed by atoms with Crippen LogP contribution >= 0.6 is 0 Å². The summed E-state index contributed by atoms with van der Waals surface area (Å²) in [5.74, 6) is -0.0836. The topological polar surface area (TPSA) is 29.5 Å². The lowest BCUT2D eigenvalue weighted by molar-refractivity contribution is -0.143. The van der Waals surface area contributed by atoms with E-state index in [1.807, 2.05) is 6.92 Å². The second-order valence-electron chi connectivity index (χ2n) is 5.58. The first-order chi connectivity index (χ1) is 10.1. The molecule has 1 aromatic carbocycles. The first-order valence-corrected chi connectivity index (χ1v) is 8.02. The number of ether oxygens (including phenoxy) is 1. The lowest BCUT2D eigenvalue weighted by Crippen LogP contribution is -2.35. The van der Waals surface area contributed by atoms with Crippen LogP contribution in [0.3, 0.4) is 0 Å².